The van der Waals surface area contributed by atoms with E-state index in [0.717, 1.165) is 63.9 Å². The van der Waals surface area contributed by atoms with Gasteiger partial charge in [-0.25, -0.2) is 0 Å². The van der Waals surface area contributed by atoms with Crippen LogP contribution in [0.3, 0.4) is 0 Å². The zero-order valence-corrected chi connectivity index (χ0v) is 15.8. The number of rotatable bonds is 4. The van der Waals surface area contributed by atoms with Gasteiger partial charge in [0.1, 0.15) is 11.6 Å². The Hall–Kier alpha value is -2.32. The predicted molar refractivity (Wildman–Crippen MR) is 99.2 cm³/mol. The summed E-state index contributed by atoms with van der Waals surface area (Å²) in [5.41, 5.74) is 0.691. The van der Waals surface area contributed by atoms with Gasteiger partial charge in [-0.15, -0.1) is 10.2 Å². The number of hydrogen-bond acceptors (Lipinski definition) is 6. The number of hydrogen-bond donors (Lipinski definition) is 0. The fourth-order valence-electron chi connectivity index (χ4n) is 3.88. The molecule has 2 aliphatic heterocycles. The van der Waals surface area contributed by atoms with Crippen molar-refractivity contribution in [1.82, 2.24) is 29.5 Å². The molecular weight excluding hydrogens is 344 g/mol. The van der Waals surface area contributed by atoms with E-state index in [1.165, 1.54) is 0 Å². The number of carbonyl (C=O) groups excluding carboxylic acids is 1. The smallest absolute Gasteiger partial charge is 0.253 e. The lowest BCUT2D eigenvalue weighted by Crippen LogP contribution is -2.40. The molecule has 2 aromatic rings. The second kappa shape index (κ2) is 8.14. The summed E-state index contributed by atoms with van der Waals surface area (Å²) in [6.45, 7) is 5.68. The summed E-state index contributed by atoms with van der Waals surface area (Å²) in [6.07, 6.45) is 5.33. The van der Waals surface area contributed by atoms with Crippen molar-refractivity contribution in [3.8, 4) is 0 Å². The standard InChI is InChI=1S/C19H26N6O2/c1-23-17(14-24-9-11-27-12-10-24)21-22-18(23)16-3-2-8-25(13-16)19(26)15-4-6-20-7-5-15/h4-7,16H,2-3,8-14H2,1H3. The van der Waals surface area contributed by atoms with Gasteiger partial charge in [-0.1, -0.05) is 0 Å². The van der Waals surface area contributed by atoms with E-state index >= 15 is 0 Å². The molecule has 4 rings (SSSR count). The summed E-state index contributed by atoms with van der Waals surface area (Å²) in [5.74, 6) is 2.24. The maximum Gasteiger partial charge on any atom is 0.253 e. The van der Waals surface area contributed by atoms with Gasteiger partial charge in [-0.05, 0) is 25.0 Å². The van der Waals surface area contributed by atoms with Crippen LogP contribution in [0.2, 0.25) is 0 Å². The van der Waals surface area contributed by atoms with Gasteiger partial charge in [0.15, 0.2) is 0 Å². The second-order valence-electron chi connectivity index (χ2n) is 7.25. The Kier molecular flexibility index (Phi) is 5.45. The molecule has 0 spiro atoms. The van der Waals surface area contributed by atoms with Crippen molar-refractivity contribution in [3.63, 3.8) is 0 Å². The van der Waals surface area contributed by atoms with Crippen molar-refractivity contribution < 1.29 is 9.53 Å². The van der Waals surface area contributed by atoms with Gasteiger partial charge in [0.25, 0.3) is 5.91 Å². The minimum atomic E-state index is 0.0674. The van der Waals surface area contributed by atoms with Crippen LogP contribution in [0.1, 0.15) is 40.8 Å². The van der Waals surface area contributed by atoms with Gasteiger partial charge in [0.05, 0.1) is 19.8 Å². The van der Waals surface area contributed by atoms with E-state index in [4.69, 9.17) is 4.74 Å². The van der Waals surface area contributed by atoms with Crippen LogP contribution >= 0.6 is 0 Å². The maximum absolute atomic E-state index is 12.8. The highest BCUT2D eigenvalue weighted by Gasteiger charge is 2.29. The highest BCUT2D eigenvalue weighted by atomic mass is 16.5. The number of piperidine rings is 1. The largest absolute Gasteiger partial charge is 0.379 e. The molecule has 1 amide bonds. The third kappa shape index (κ3) is 4.01. The minimum Gasteiger partial charge on any atom is -0.379 e. The average Bonchev–Trinajstić information content (AvgIpc) is 3.09. The van der Waals surface area contributed by atoms with Crippen molar-refractivity contribution in [1.29, 1.82) is 0 Å². The number of pyridine rings is 1. The predicted octanol–water partition coefficient (Wildman–Crippen LogP) is 1.06. The topological polar surface area (TPSA) is 76.4 Å². The summed E-state index contributed by atoms with van der Waals surface area (Å²) < 4.78 is 7.52. The van der Waals surface area contributed by atoms with Crippen LogP contribution in [0.4, 0.5) is 0 Å². The summed E-state index contributed by atoms with van der Waals surface area (Å²) in [5, 5.41) is 8.91. The molecule has 144 valence electrons. The zero-order valence-electron chi connectivity index (χ0n) is 15.8. The van der Waals surface area contributed by atoms with E-state index in [-0.39, 0.29) is 11.8 Å². The SMILES string of the molecule is Cn1c(CN2CCOCC2)nnc1C1CCCN(C(=O)c2ccncc2)C1. The zero-order chi connectivity index (χ0) is 18.6. The first-order valence-corrected chi connectivity index (χ1v) is 9.60. The third-order valence-corrected chi connectivity index (χ3v) is 5.47. The molecule has 0 bridgehead atoms. The van der Waals surface area contributed by atoms with Gasteiger partial charge in [0, 0.05) is 57.1 Å². The summed E-state index contributed by atoms with van der Waals surface area (Å²) >= 11 is 0. The molecule has 4 heterocycles. The van der Waals surface area contributed by atoms with Crippen LogP contribution < -0.4 is 0 Å². The summed E-state index contributed by atoms with van der Waals surface area (Å²) in [4.78, 5) is 21.0. The first kappa shape index (κ1) is 18.1. The van der Waals surface area contributed by atoms with Crippen LogP contribution in [0, 0.1) is 0 Å². The van der Waals surface area contributed by atoms with Crippen molar-refractivity contribution in [2.24, 2.45) is 7.05 Å². The average molecular weight is 370 g/mol. The molecule has 0 radical (unpaired) electrons. The fourth-order valence-corrected chi connectivity index (χ4v) is 3.88. The summed E-state index contributed by atoms with van der Waals surface area (Å²) in [6, 6.07) is 3.55. The number of aromatic nitrogens is 4. The molecule has 0 aliphatic carbocycles. The molecule has 2 aliphatic rings. The summed E-state index contributed by atoms with van der Waals surface area (Å²) in [7, 11) is 2.04. The van der Waals surface area contributed by atoms with Crippen LogP contribution in [0.5, 0.6) is 0 Å². The van der Waals surface area contributed by atoms with E-state index in [9.17, 15) is 4.79 Å². The van der Waals surface area contributed by atoms with Crippen molar-refractivity contribution in [3.05, 3.63) is 41.7 Å². The normalized spacial score (nSPS) is 21.4. The number of nitrogens with zero attached hydrogens (tertiary/aromatic N) is 6. The van der Waals surface area contributed by atoms with Crippen molar-refractivity contribution >= 4 is 5.91 Å². The van der Waals surface area contributed by atoms with Crippen LogP contribution in [0.25, 0.3) is 0 Å². The second-order valence-corrected chi connectivity index (χ2v) is 7.25. The Balaban J connectivity index is 1.44. The Morgan fingerprint density at radius 3 is 2.74 bits per heavy atom. The van der Waals surface area contributed by atoms with Crippen LogP contribution in [0.15, 0.2) is 24.5 Å². The number of likely N-dealkylation sites (tertiary alicyclic amines) is 1. The fraction of sp³-hybridized carbons (Fsp3) is 0.579. The first-order chi connectivity index (χ1) is 13.2. The minimum absolute atomic E-state index is 0.0674. The van der Waals surface area contributed by atoms with Crippen molar-refractivity contribution in [2.45, 2.75) is 25.3 Å². The molecule has 0 saturated carbocycles. The molecule has 2 fully saturated rings. The number of ether oxygens (including phenoxy) is 1. The molecular formula is C19H26N6O2. The Labute approximate surface area is 159 Å². The molecule has 1 unspecified atom stereocenters. The number of morpholine rings is 1. The molecule has 2 aromatic heterocycles. The van der Waals surface area contributed by atoms with Crippen molar-refractivity contribution in [2.75, 3.05) is 39.4 Å². The van der Waals surface area contributed by atoms with E-state index in [1.807, 2.05) is 11.9 Å². The van der Waals surface area contributed by atoms with Gasteiger partial charge in [0.2, 0.25) is 0 Å². The lowest BCUT2D eigenvalue weighted by Gasteiger charge is -2.32. The van der Waals surface area contributed by atoms with E-state index in [2.05, 4.69) is 24.6 Å². The lowest BCUT2D eigenvalue weighted by atomic mass is 9.96. The maximum atomic E-state index is 12.8. The molecule has 8 nitrogen and oxygen atoms in total. The molecule has 0 N–H and O–H groups in total. The molecule has 8 heteroatoms. The number of carbonyl (C=O) groups is 1. The Bertz CT molecular complexity index is 772. The van der Waals surface area contributed by atoms with Gasteiger partial charge in [-0.2, -0.15) is 0 Å². The highest BCUT2D eigenvalue weighted by Crippen LogP contribution is 2.27. The Morgan fingerprint density at radius 1 is 1.19 bits per heavy atom. The third-order valence-electron chi connectivity index (χ3n) is 5.47. The quantitative estimate of drug-likeness (QED) is 0.801. The van der Waals surface area contributed by atoms with Crippen LogP contribution in [-0.2, 0) is 18.3 Å². The number of amides is 1. The monoisotopic (exact) mass is 370 g/mol. The molecule has 2 saturated heterocycles. The van der Waals surface area contributed by atoms with Gasteiger partial charge < -0.3 is 14.2 Å². The molecule has 0 aromatic carbocycles. The first-order valence-electron chi connectivity index (χ1n) is 9.60. The molecule has 27 heavy (non-hydrogen) atoms. The van der Waals surface area contributed by atoms with E-state index in [1.54, 1.807) is 24.5 Å². The van der Waals surface area contributed by atoms with E-state index < -0.39 is 0 Å². The lowest BCUT2D eigenvalue weighted by molar-refractivity contribution is 0.0326. The van der Waals surface area contributed by atoms with Gasteiger partial charge in [-0.3, -0.25) is 14.7 Å². The Morgan fingerprint density at radius 2 is 1.96 bits per heavy atom. The highest BCUT2D eigenvalue weighted by molar-refractivity contribution is 5.94. The molecule has 1 atom stereocenters. The van der Waals surface area contributed by atoms with E-state index in [0.29, 0.717) is 12.1 Å². The van der Waals surface area contributed by atoms with Crippen LogP contribution in [-0.4, -0.2) is 74.8 Å². The van der Waals surface area contributed by atoms with Gasteiger partial charge >= 0.3 is 0 Å².